The van der Waals surface area contributed by atoms with Crippen molar-refractivity contribution in [2.45, 2.75) is 0 Å². The summed E-state index contributed by atoms with van der Waals surface area (Å²) in [4.78, 5) is 18.2. The maximum absolute atomic E-state index is 12.2. The van der Waals surface area contributed by atoms with Gasteiger partial charge in [-0.1, -0.05) is 30.3 Å². The third kappa shape index (κ3) is 1.26. The summed E-state index contributed by atoms with van der Waals surface area (Å²) in [5.41, 5.74) is 2.46. The Morgan fingerprint density at radius 2 is 1.75 bits per heavy atom. The van der Waals surface area contributed by atoms with Gasteiger partial charge in [-0.05, 0) is 11.6 Å². The van der Waals surface area contributed by atoms with Crippen LogP contribution in [-0.4, -0.2) is 9.97 Å². The van der Waals surface area contributed by atoms with Crippen molar-refractivity contribution >= 4 is 11.0 Å². The van der Waals surface area contributed by atoms with E-state index in [4.69, 9.17) is 0 Å². The van der Waals surface area contributed by atoms with E-state index < -0.39 is 0 Å². The first-order valence-electron chi connectivity index (χ1n) is 5.10. The van der Waals surface area contributed by atoms with E-state index in [1.165, 1.54) is 0 Å². The molecule has 3 aromatic rings. The minimum atomic E-state index is 0.0567. The average molecular weight is 210 g/mol. The second-order valence-electron chi connectivity index (χ2n) is 3.66. The fraction of sp³-hybridized carbons (Fsp3) is 0. The second-order valence-corrected chi connectivity index (χ2v) is 3.66. The van der Waals surface area contributed by atoms with Crippen LogP contribution in [0.15, 0.2) is 53.6 Å². The van der Waals surface area contributed by atoms with Crippen molar-refractivity contribution in [1.29, 1.82) is 0 Å². The lowest BCUT2D eigenvalue weighted by atomic mass is 10.1. The molecule has 0 unspecified atom stereocenters. The van der Waals surface area contributed by atoms with Gasteiger partial charge in [-0.15, -0.1) is 0 Å². The zero-order valence-corrected chi connectivity index (χ0v) is 8.53. The van der Waals surface area contributed by atoms with Crippen LogP contribution in [0, 0.1) is 0 Å². The van der Waals surface area contributed by atoms with E-state index in [1.807, 2.05) is 30.3 Å². The van der Waals surface area contributed by atoms with Crippen molar-refractivity contribution in [1.82, 2.24) is 9.97 Å². The molecule has 3 heteroatoms. The van der Waals surface area contributed by atoms with Gasteiger partial charge in [0.25, 0.3) is 0 Å². The minimum absolute atomic E-state index is 0.0567. The molecule has 0 bridgehead atoms. The fourth-order valence-corrected chi connectivity index (χ4v) is 1.87. The molecule has 0 spiro atoms. The number of H-pyrrole nitrogens is 2. The third-order valence-electron chi connectivity index (χ3n) is 2.68. The number of aromatic amines is 2. The molecule has 0 aliphatic heterocycles. The Hall–Kier alpha value is -2.29. The Bertz CT molecular complexity index is 680. The molecule has 2 N–H and O–H groups in total. The highest BCUT2D eigenvalue weighted by Gasteiger charge is 2.06. The SMILES string of the molecule is O=c1c(-c2ccccc2)c[nH]c2[nH]ccc12. The highest BCUT2D eigenvalue weighted by Crippen LogP contribution is 2.16. The van der Waals surface area contributed by atoms with Crippen molar-refractivity contribution in [2.75, 3.05) is 0 Å². The summed E-state index contributed by atoms with van der Waals surface area (Å²) in [7, 11) is 0. The molecule has 0 saturated carbocycles. The van der Waals surface area contributed by atoms with Gasteiger partial charge < -0.3 is 9.97 Å². The van der Waals surface area contributed by atoms with E-state index in [-0.39, 0.29) is 5.43 Å². The minimum Gasteiger partial charge on any atom is -0.348 e. The summed E-state index contributed by atoms with van der Waals surface area (Å²) in [5, 5.41) is 0.696. The molecule has 16 heavy (non-hydrogen) atoms. The average Bonchev–Trinajstić information content (AvgIpc) is 2.80. The van der Waals surface area contributed by atoms with E-state index in [0.717, 1.165) is 11.2 Å². The molecule has 1 aromatic carbocycles. The van der Waals surface area contributed by atoms with Crippen LogP contribution in [0.5, 0.6) is 0 Å². The molecule has 2 heterocycles. The van der Waals surface area contributed by atoms with Gasteiger partial charge >= 0.3 is 0 Å². The predicted octanol–water partition coefficient (Wildman–Crippen LogP) is 2.52. The lowest BCUT2D eigenvalue weighted by molar-refractivity contribution is 1.32. The first-order chi connectivity index (χ1) is 7.86. The van der Waals surface area contributed by atoms with Crippen molar-refractivity contribution in [3.05, 3.63) is 59.0 Å². The maximum Gasteiger partial charge on any atom is 0.198 e. The highest BCUT2D eigenvalue weighted by atomic mass is 16.1. The number of hydrogen-bond acceptors (Lipinski definition) is 1. The second kappa shape index (κ2) is 3.38. The van der Waals surface area contributed by atoms with Gasteiger partial charge in [0, 0.05) is 18.0 Å². The van der Waals surface area contributed by atoms with Gasteiger partial charge in [0.05, 0.1) is 5.39 Å². The standard InChI is InChI=1S/C13H10N2O/c16-12-10-6-7-14-13(10)15-8-11(12)9-4-2-1-3-5-9/h1-8H,(H2,14,15,16). The molecule has 2 aromatic heterocycles. The molecular weight excluding hydrogens is 200 g/mol. The fourth-order valence-electron chi connectivity index (χ4n) is 1.87. The molecule has 0 saturated heterocycles. The summed E-state index contributed by atoms with van der Waals surface area (Å²) in [6, 6.07) is 11.4. The first-order valence-corrected chi connectivity index (χ1v) is 5.10. The summed E-state index contributed by atoms with van der Waals surface area (Å²) < 4.78 is 0. The molecule has 3 nitrogen and oxygen atoms in total. The van der Waals surface area contributed by atoms with E-state index in [0.29, 0.717) is 10.9 Å². The van der Waals surface area contributed by atoms with Gasteiger partial charge in [-0.2, -0.15) is 0 Å². The molecule has 0 fully saturated rings. The normalized spacial score (nSPS) is 10.8. The zero-order chi connectivity index (χ0) is 11.0. The smallest absolute Gasteiger partial charge is 0.198 e. The van der Waals surface area contributed by atoms with Crippen molar-refractivity contribution in [3.8, 4) is 11.1 Å². The van der Waals surface area contributed by atoms with Gasteiger partial charge in [0.2, 0.25) is 0 Å². The van der Waals surface area contributed by atoms with Gasteiger partial charge in [-0.3, -0.25) is 4.79 Å². The molecule has 0 amide bonds. The monoisotopic (exact) mass is 210 g/mol. The van der Waals surface area contributed by atoms with E-state index in [2.05, 4.69) is 9.97 Å². The molecule has 78 valence electrons. The van der Waals surface area contributed by atoms with Crippen LogP contribution >= 0.6 is 0 Å². The van der Waals surface area contributed by atoms with Crippen molar-refractivity contribution in [2.24, 2.45) is 0 Å². The van der Waals surface area contributed by atoms with Crippen LogP contribution in [0.3, 0.4) is 0 Å². The third-order valence-corrected chi connectivity index (χ3v) is 2.68. The van der Waals surface area contributed by atoms with E-state index >= 15 is 0 Å². The van der Waals surface area contributed by atoms with Crippen LogP contribution in [-0.2, 0) is 0 Å². The summed E-state index contributed by atoms with van der Waals surface area (Å²) in [6.45, 7) is 0. The first kappa shape index (κ1) is 8.97. The number of hydrogen-bond donors (Lipinski definition) is 2. The molecule has 0 radical (unpaired) electrons. The van der Waals surface area contributed by atoms with Gasteiger partial charge in [0.1, 0.15) is 5.65 Å². The maximum atomic E-state index is 12.2. The van der Waals surface area contributed by atoms with Crippen molar-refractivity contribution in [3.63, 3.8) is 0 Å². The van der Waals surface area contributed by atoms with Crippen LogP contribution in [0.4, 0.5) is 0 Å². The Morgan fingerprint density at radius 1 is 0.938 bits per heavy atom. The summed E-state index contributed by atoms with van der Waals surface area (Å²) >= 11 is 0. The van der Waals surface area contributed by atoms with Gasteiger partial charge in [-0.25, -0.2) is 0 Å². The van der Waals surface area contributed by atoms with Crippen LogP contribution in [0.25, 0.3) is 22.2 Å². The highest BCUT2D eigenvalue weighted by molar-refractivity contribution is 5.80. The topological polar surface area (TPSA) is 48.6 Å². The quantitative estimate of drug-likeness (QED) is 0.637. The number of rotatable bonds is 1. The largest absolute Gasteiger partial charge is 0.348 e. The molecular formula is C13H10N2O. The number of fused-ring (bicyclic) bond motifs is 1. The number of benzene rings is 1. The van der Waals surface area contributed by atoms with E-state index in [9.17, 15) is 4.79 Å². The lowest BCUT2D eigenvalue weighted by Crippen LogP contribution is -2.04. The lowest BCUT2D eigenvalue weighted by Gasteiger charge is -2.00. The molecule has 0 aliphatic carbocycles. The van der Waals surface area contributed by atoms with Crippen LogP contribution < -0.4 is 5.43 Å². The van der Waals surface area contributed by atoms with E-state index in [1.54, 1.807) is 18.5 Å². The Morgan fingerprint density at radius 3 is 2.56 bits per heavy atom. The Kier molecular flexibility index (Phi) is 1.90. The summed E-state index contributed by atoms with van der Waals surface area (Å²) in [6.07, 6.45) is 3.51. The van der Waals surface area contributed by atoms with Crippen LogP contribution in [0.2, 0.25) is 0 Å². The van der Waals surface area contributed by atoms with Gasteiger partial charge in [0.15, 0.2) is 5.43 Å². The Balaban J connectivity index is 2.33. The number of pyridine rings is 1. The number of aromatic nitrogens is 2. The summed E-state index contributed by atoms with van der Waals surface area (Å²) in [5.74, 6) is 0. The van der Waals surface area contributed by atoms with Crippen molar-refractivity contribution < 1.29 is 0 Å². The molecule has 3 rings (SSSR count). The molecule has 0 atom stereocenters. The zero-order valence-electron chi connectivity index (χ0n) is 8.53. The predicted molar refractivity (Wildman–Crippen MR) is 64.4 cm³/mol. The van der Waals surface area contributed by atoms with Crippen LogP contribution in [0.1, 0.15) is 0 Å². The molecule has 0 aliphatic rings. The Labute approximate surface area is 91.8 Å². The number of nitrogens with one attached hydrogen (secondary N) is 2.